The number of nitrogen functional groups attached to an aromatic ring is 1. The van der Waals surface area contributed by atoms with Gasteiger partial charge in [-0.2, -0.15) is 0 Å². The standard InChI is InChI=1S/C26H28N2/c1-28-21-10-6-19(7-11-21)23-13-12-22(18-4-8-20(27)9-5-18)24-14-17-26(25(23)24)15-2-3-16-26/h4-13,28H,2-3,14-17,27H2,1H3. The van der Waals surface area contributed by atoms with Crippen LogP contribution >= 0.6 is 0 Å². The number of anilines is 2. The van der Waals surface area contributed by atoms with E-state index >= 15 is 0 Å². The van der Waals surface area contributed by atoms with Gasteiger partial charge in [0.1, 0.15) is 0 Å². The Morgan fingerprint density at radius 3 is 2.04 bits per heavy atom. The van der Waals surface area contributed by atoms with Crippen molar-refractivity contribution in [2.45, 2.75) is 43.9 Å². The quantitative estimate of drug-likeness (QED) is 0.525. The molecule has 2 aliphatic rings. The van der Waals surface area contributed by atoms with E-state index in [0.717, 1.165) is 11.4 Å². The summed E-state index contributed by atoms with van der Waals surface area (Å²) in [6.45, 7) is 0. The normalized spacial score (nSPS) is 17.0. The highest BCUT2D eigenvalue weighted by molar-refractivity contribution is 5.81. The van der Waals surface area contributed by atoms with E-state index in [1.54, 1.807) is 11.1 Å². The predicted octanol–water partition coefficient (Wildman–Crippen LogP) is 6.40. The van der Waals surface area contributed by atoms with Crippen LogP contribution in [0.4, 0.5) is 11.4 Å². The second-order valence-electron chi connectivity index (χ2n) is 8.45. The molecule has 1 fully saturated rings. The number of rotatable bonds is 3. The monoisotopic (exact) mass is 368 g/mol. The maximum atomic E-state index is 5.93. The van der Waals surface area contributed by atoms with Crippen LogP contribution in [0.3, 0.4) is 0 Å². The second kappa shape index (κ2) is 6.70. The van der Waals surface area contributed by atoms with E-state index in [9.17, 15) is 0 Å². The molecule has 0 unspecified atom stereocenters. The van der Waals surface area contributed by atoms with Crippen molar-refractivity contribution >= 4 is 11.4 Å². The van der Waals surface area contributed by atoms with Gasteiger partial charge in [0, 0.05) is 18.4 Å². The van der Waals surface area contributed by atoms with Crippen molar-refractivity contribution in [1.29, 1.82) is 0 Å². The van der Waals surface area contributed by atoms with Crippen molar-refractivity contribution in [3.05, 3.63) is 71.8 Å². The molecule has 142 valence electrons. The highest BCUT2D eigenvalue weighted by atomic mass is 14.8. The van der Waals surface area contributed by atoms with E-state index in [4.69, 9.17) is 5.73 Å². The third-order valence-electron chi connectivity index (χ3n) is 6.96. The molecular formula is C26H28N2. The molecule has 28 heavy (non-hydrogen) atoms. The smallest absolute Gasteiger partial charge is 0.0337 e. The van der Waals surface area contributed by atoms with Crippen LogP contribution in [0.1, 0.15) is 43.2 Å². The molecule has 2 heteroatoms. The second-order valence-corrected chi connectivity index (χ2v) is 8.45. The van der Waals surface area contributed by atoms with Crippen molar-refractivity contribution in [3.63, 3.8) is 0 Å². The van der Waals surface area contributed by atoms with E-state index in [1.165, 1.54) is 60.8 Å². The fourth-order valence-corrected chi connectivity index (χ4v) is 5.54. The van der Waals surface area contributed by atoms with Crippen molar-refractivity contribution in [1.82, 2.24) is 0 Å². The molecule has 0 radical (unpaired) electrons. The summed E-state index contributed by atoms with van der Waals surface area (Å²) in [5, 5.41) is 3.23. The van der Waals surface area contributed by atoms with Gasteiger partial charge in [0.15, 0.2) is 0 Å². The summed E-state index contributed by atoms with van der Waals surface area (Å²) in [7, 11) is 1.97. The predicted molar refractivity (Wildman–Crippen MR) is 120 cm³/mol. The van der Waals surface area contributed by atoms with Gasteiger partial charge in [-0.15, -0.1) is 0 Å². The topological polar surface area (TPSA) is 38.0 Å². The van der Waals surface area contributed by atoms with Crippen molar-refractivity contribution in [2.24, 2.45) is 0 Å². The summed E-state index contributed by atoms with van der Waals surface area (Å²) >= 11 is 0. The van der Waals surface area contributed by atoms with Crippen LogP contribution in [-0.4, -0.2) is 7.05 Å². The van der Waals surface area contributed by atoms with Crippen LogP contribution < -0.4 is 11.1 Å². The summed E-state index contributed by atoms with van der Waals surface area (Å²) in [5.74, 6) is 0. The third kappa shape index (κ3) is 2.71. The third-order valence-corrected chi connectivity index (χ3v) is 6.96. The van der Waals surface area contributed by atoms with E-state index in [-0.39, 0.29) is 0 Å². The Labute approximate surface area is 167 Å². The van der Waals surface area contributed by atoms with E-state index in [0.29, 0.717) is 5.41 Å². The molecule has 3 aromatic rings. The maximum Gasteiger partial charge on any atom is 0.0337 e. The average molecular weight is 369 g/mol. The molecule has 0 heterocycles. The lowest BCUT2D eigenvalue weighted by Gasteiger charge is -2.28. The van der Waals surface area contributed by atoms with Crippen LogP contribution in [0.25, 0.3) is 22.3 Å². The Bertz CT molecular complexity index is 994. The summed E-state index contributed by atoms with van der Waals surface area (Å²) in [4.78, 5) is 0. The largest absolute Gasteiger partial charge is 0.399 e. The molecule has 0 aliphatic heterocycles. The number of hydrogen-bond acceptors (Lipinski definition) is 2. The molecule has 0 aromatic heterocycles. The molecule has 2 nitrogen and oxygen atoms in total. The molecule has 0 bridgehead atoms. The van der Waals surface area contributed by atoms with Crippen LogP contribution in [-0.2, 0) is 11.8 Å². The summed E-state index contributed by atoms with van der Waals surface area (Å²) < 4.78 is 0. The zero-order valence-electron chi connectivity index (χ0n) is 16.6. The van der Waals surface area contributed by atoms with Crippen LogP contribution in [0.2, 0.25) is 0 Å². The number of nitrogens with one attached hydrogen (secondary N) is 1. The maximum absolute atomic E-state index is 5.93. The van der Waals surface area contributed by atoms with Gasteiger partial charge in [0.05, 0.1) is 0 Å². The van der Waals surface area contributed by atoms with E-state index < -0.39 is 0 Å². The van der Waals surface area contributed by atoms with Gasteiger partial charge in [-0.1, -0.05) is 49.2 Å². The molecule has 5 rings (SSSR count). The fraction of sp³-hybridized carbons (Fsp3) is 0.308. The van der Waals surface area contributed by atoms with Gasteiger partial charge in [-0.25, -0.2) is 0 Å². The minimum absolute atomic E-state index is 0.385. The molecule has 3 N–H and O–H groups in total. The Kier molecular flexibility index (Phi) is 4.16. The van der Waals surface area contributed by atoms with E-state index in [1.807, 2.05) is 19.2 Å². The van der Waals surface area contributed by atoms with Crippen molar-refractivity contribution in [2.75, 3.05) is 18.1 Å². The molecule has 0 atom stereocenters. The van der Waals surface area contributed by atoms with Gasteiger partial charge < -0.3 is 11.1 Å². The SMILES string of the molecule is CNc1ccc(-c2ccc(-c3ccc(N)cc3)c3c2C2(CCCC2)CC3)cc1. The van der Waals surface area contributed by atoms with Crippen molar-refractivity contribution in [3.8, 4) is 22.3 Å². The van der Waals surface area contributed by atoms with Crippen molar-refractivity contribution < 1.29 is 0 Å². The highest BCUT2D eigenvalue weighted by Gasteiger charge is 2.43. The van der Waals surface area contributed by atoms with Crippen LogP contribution in [0, 0.1) is 0 Å². The lowest BCUT2D eigenvalue weighted by molar-refractivity contribution is 0.440. The Morgan fingerprint density at radius 1 is 0.750 bits per heavy atom. The average Bonchev–Trinajstić information content (AvgIpc) is 3.37. The molecule has 0 saturated heterocycles. The van der Waals surface area contributed by atoms with Crippen LogP contribution in [0.5, 0.6) is 0 Å². The highest BCUT2D eigenvalue weighted by Crippen LogP contribution is 2.55. The van der Waals surface area contributed by atoms with E-state index in [2.05, 4.69) is 53.8 Å². The Hall–Kier alpha value is -2.74. The summed E-state index contributed by atoms with van der Waals surface area (Å²) in [5.41, 5.74) is 17.0. The van der Waals surface area contributed by atoms with Gasteiger partial charge in [-0.3, -0.25) is 0 Å². The minimum Gasteiger partial charge on any atom is -0.399 e. The van der Waals surface area contributed by atoms with Gasteiger partial charge in [0.25, 0.3) is 0 Å². The Morgan fingerprint density at radius 2 is 1.36 bits per heavy atom. The molecule has 0 amide bonds. The fourth-order valence-electron chi connectivity index (χ4n) is 5.54. The summed E-state index contributed by atoms with van der Waals surface area (Å²) in [6, 6.07) is 22.0. The minimum atomic E-state index is 0.385. The molecule has 3 aromatic carbocycles. The zero-order valence-corrected chi connectivity index (χ0v) is 16.6. The first kappa shape index (κ1) is 17.4. The first-order chi connectivity index (χ1) is 13.7. The lowest BCUT2D eigenvalue weighted by Crippen LogP contribution is -2.19. The number of benzene rings is 3. The Balaban J connectivity index is 1.70. The molecular weight excluding hydrogens is 340 g/mol. The van der Waals surface area contributed by atoms with Gasteiger partial charge >= 0.3 is 0 Å². The van der Waals surface area contributed by atoms with Gasteiger partial charge in [0.2, 0.25) is 0 Å². The molecule has 1 saturated carbocycles. The number of nitrogens with two attached hydrogens (primary N) is 1. The molecule has 1 spiro atoms. The summed E-state index contributed by atoms with van der Waals surface area (Å²) in [6.07, 6.45) is 7.90. The lowest BCUT2D eigenvalue weighted by atomic mass is 9.76. The van der Waals surface area contributed by atoms with Gasteiger partial charge in [-0.05, 0) is 88.7 Å². The first-order valence-corrected chi connectivity index (χ1v) is 10.5. The molecule has 2 aliphatic carbocycles. The zero-order chi connectivity index (χ0) is 19.1. The van der Waals surface area contributed by atoms with Crippen LogP contribution in [0.15, 0.2) is 60.7 Å². The number of fused-ring (bicyclic) bond motifs is 2. The number of hydrogen-bond donors (Lipinski definition) is 2. The first-order valence-electron chi connectivity index (χ1n) is 10.5.